The van der Waals surface area contributed by atoms with Gasteiger partial charge in [-0.2, -0.15) is 5.26 Å². The van der Waals surface area contributed by atoms with E-state index in [0.717, 1.165) is 28.3 Å². The van der Waals surface area contributed by atoms with Crippen molar-refractivity contribution in [3.05, 3.63) is 35.9 Å². The molecule has 0 radical (unpaired) electrons. The minimum Gasteiger partial charge on any atom is -0.493 e. The van der Waals surface area contributed by atoms with E-state index in [1.807, 2.05) is 30.3 Å². The lowest BCUT2D eigenvalue weighted by Crippen LogP contribution is -2.29. The van der Waals surface area contributed by atoms with Crippen LogP contribution in [0.2, 0.25) is 0 Å². The summed E-state index contributed by atoms with van der Waals surface area (Å²) < 4.78 is 27.8. The van der Waals surface area contributed by atoms with E-state index in [2.05, 4.69) is 11.4 Å². The molecule has 2 aromatic carbocycles. The van der Waals surface area contributed by atoms with Crippen LogP contribution >= 0.6 is 11.8 Å². The van der Waals surface area contributed by atoms with Crippen LogP contribution in [0.3, 0.4) is 0 Å². The van der Waals surface area contributed by atoms with Gasteiger partial charge in [0, 0.05) is 38.1 Å². The zero-order valence-electron chi connectivity index (χ0n) is 16.7. The van der Waals surface area contributed by atoms with E-state index in [1.54, 1.807) is 33.1 Å². The van der Waals surface area contributed by atoms with E-state index in [4.69, 9.17) is 14.2 Å². The van der Waals surface area contributed by atoms with E-state index < -0.39 is 10.8 Å². The normalized spacial score (nSPS) is 18.6. The maximum absolute atomic E-state index is 11.6. The van der Waals surface area contributed by atoms with Crippen LogP contribution in [0.5, 0.6) is 17.2 Å². The first-order chi connectivity index (χ1) is 14.1. The first kappa shape index (κ1) is 21.3. The summed E-state index contributed by atoms with van der Waals surface area (Å²) in [5.41, 5.74) is 1.41. The lowest BCUT2D eigenvalue weighted by molar-refractivity contribution is 0.323. The SMILES string of the molecule is COc1cc(Sc2ccc(C#N)c(NC3CCS(=O)CC3)c2)cc(OC)c1OC. The molecule has 0 amide bonds. The number of anilines is 1. The number of benzene rings is 2. The van der Waals surface area contributed by atoms with Gasteiger partial charge in [0.25, 0.3) is 0 Å². The molecular formula is C21H24N2O4S2. The highest BCUT2D eigenvalue weighted by molar-refractivity contribution is 7.99. The Morgan fingerprint density at radius 2 is 1.69 bits per heavy atom. The molecular weight excluding hydrogens is 408 g/mol. The largest absolute Gasteiger partial charge is 0.493 e. The number of nitrogens with zero attached hydrogens (tertiary/aromatic N) is 1. The van der Waals surface area contributed by atoms with Gasteiger partial charge in [0.1, 0.15) is 6.07 Å². The number of methoxy groups -OCH3 is 3. The number of hydrogen-bond acceptors (Lipinski definition) is 7. The highest BCUT2D eigenvalue weighted by atomic mass is 32.2. The molecule has 1 aliphatic heterocycles. The third kappa shape index (κ3) is 5.17. The number of nitriles is 1. The fourth-order valence-corrected chi connectivity index (χ4v) is 5.43. The predicted molar refractivity (Wildman–Crippen MR) is 116 cm³/mol. The van der Waals surface area contributed by atoms with Crippen LogP contribution in [-0.2, 0) is 10.8 Å². The van der Waals surface area contributed by atoms with Crippen LogP contribution < -0.4 is 19.5 Å². The van der Waals surface area contributed by atoms with Crippen molar-refractivity contribution >= 4 is 28.2 Å². The van der Waals surface area contributed by atoms with Gasteiger partial charge in [-0.3, -0.25) is 4.21 Å². The van der Waals surface area contributed by atoms with Crippen LogP contribution in [0.4, 0.5) is 5.69 Å². The van der Waals surface area contributed by atoms with Gasteiger partial charge in [-0.05, 0) is 43.2 Å². The summed E-state index contributed by atoms with van der Waals surface area (Å²) in [5.74, 6) is 3.16. The minimum absolute atomic E-state index is 0.237. The molecule has 3 rings (SSSR count). The van der Waals surface area contributed by atoms with Gasteiger partial charge in [-0.1, -0.05) is 11.8 Å². The Bertz CT molecular complexity index is 908. The van der Waals surface area contributed by atoms with E-state index >= 15 is 0 Å². The maximum Gasteiger partial charge on any atom is 0.203 e. The molecule has 0 atom stereocenters. The van der Waals surface area contributed by atoms with Crippen molar-refractivity contribution in [3.63, 3.8) is 0 Å². The summed E-state index contributed by atoms with van der Waals surface area (Å²) in [5, 5.41) is 12.9. The molecule has 0 bridgehead atoms. The summed E-state index contributed by atoms with van der Waals surface area (Å²) in [6, 6.07) is 12.0. The molecule has 6 nitrogen and oxygen atoms in total. The topological polar surface area (TPSA) is 80.6 Å². The van der Waals surface area contributed by atoms with E-state index in [-0.39, 0.29) is 6.04 Å². The minimum atomic E-state index is -0.709. The highest BCUT2D eigenvalue weighted by Gasteiger charge is 2.19. The van der Waals surface area contributed by atoms with Crippen molar-refractivity contribution in [1.82, 2.24) is 0 Å². The molecule has 0 aromatic heterocycles. The van der Waals surface area contributed by atoms with Gasteiger partial charge in [-0.25, -0.2) is 0 Å². The van der Waals surface area contributed by atoms with Crippen molar-refractivity contribution in [2.45, 2.75) is 28.7 Å². The molecule has 0 unspecified atom stereocenters. The molecule has 1 aliphatic rings. The summed E-state index contributed by atoms with van der Waals surface area (Å²) >= 11 is 1.55. The van der Waals surface area contributed by atoms with E-state index in [1.165, 1.54) is 0 Å². The van der Waals surface area contributed by atoms with Crippen LogP contribution in [0.25, 0.3) is 0 Å². The Labute approximate surface area is 178 Å². The summed E-state index contributed by atoms with van der Waals surface area (Å²) in [6.45, 7) is 0. The smallest absolute Gasteiger partial charge is 0.203 e. The van der Waals surface area contributed by atoms with Crippen molar-refractivity contribution in [2.24, 2.45) is 0 Å². The van der Waals surface area contributed by atoms with Crippen LogP contribution in [-0.4, -0.2) is 43.1 Å². The molecule has 1 fully saturated rings. The van der Waals surface area contributed by atoms with Crippen LogP contribution in [0.1, 0.15) is 18.4 Å². The van der Waals surface area contributed by atoms with Crippen molar-refractivity contribution in [3.8, 4) is 23.3 Å². The fraction of sp³-hybridized carbons (Fsp3) is 0.381. The number of rotatable bonds is 7. The molecule has 0 saturated carbocycles. The van der Waals surface area contributed by atoms with Crippen molar-refractivity contribution in [2.75, 3.05) is 38.2 Å². The molecule has 1 N–H and O–H groups in total. The Hall–Kier alpha value is -2.37. The summed E-state index contributed by atoms with van der Waals surface area (Å²) in [4.78, 5) is 1.92. The van der Waals surface area contributed by atoms with Crippen LogP contribution in [0.15, 0.2) is 40.1 Å². The predicted octanol–water partition coefficient (Wildman–Crippen LogP) is 4.06. The second-order valence-electron chi connectivity index (χ2n) is 6.55. The first-order valence-electron chi connectivity index (χ1n) is 9.21. The summed E-state index contributed by atoms with van der Waals surface area (Å²) in [6.07, 6.45) is 1.70. The second kappa shape index (κ2) is 9.90. The van der Waals surface area contributed by atoms with Crippen molar-refractivity contribution < 1.29 is 18.4 Å². The van der Waals surface area contributed by atoms with Gasteiger partial charge in [0.05, 0.1) is 32.6 Å². The molecule has 0 spiro atoms. The van der Waals surface area contributed by atoms with Crippen LogP contribution in [0, 0.1) is 11.3 Å². The van der Waals surface area contributed by atoms with Gasteiger partial charge in [-0.15, -0.1) is 0 Å². The third-order valence-corrected chi connectivity index (χ3v) is 7.08. The van der Waals surface area contributed by atoms with E-state index in [0.29, 0.717) is 34.3 Å². The Balaban J connectivity index is 1.84. The second-order valence-corrected chi connectivity index (χ2v) is 9.39. The lowest BCUT2D eigenvalue weighted by atomic mass is 10.1. The molecule has 2 aromatic rings. The molecule has 1 saturated heterocycles. The summed E-state index contributed by atoms with van der Waals surface area (Å²) in [7, 11) is 4.05. The van der Waals surface area contributed by atoms with Gasteiger partial charge in [0.15, 0.2) is 11.5 Å². The third-order valence-electron chi connectivity index (χ3n) is 4.73. The number of hydrogen-bond donors (Lipinski definition) is 1. The average Bonchev–Trinajstić information content (AvgIpc) is 2.74. The molecule has 154 valence electrons. The van der Waals surface area contributed by atoms with Crippen molar-refractivity contribution in [1.29, 1.82) is 5.26 Å². The van der Waals surface area contributed by atoms with Gasteiger partial charge < -0.3 is 19.5 Å². The molecule has 1 heterocycles. The zero-order chi connectivity index (χ0) is 20.8. The fourth-order valence-electron chi connectivity index (χ4n) is 3.21. The molecule has 29 heavy (non-hydrogen) atoms. The lowest BCUT2D eigenvalue weighted by Gasteiger charge is -2.24. The van der Waals surface area contributed by atoms with Gasteiger partial charge in [0.2, 0.25) is 5.75 Å². The Morgan fingerprint density at radius 3 is 2.24 bits per heavy atom. The monoisotopic (exact) mass is 432 g/mol. The highest BCUT2D eigenvalue weighted by Crippen LogP contribution is 2.43. The van der Waals surface area contributed by atoms with E-state index in [9.17, 15) is 9.47 Å². The number of nitrogens with one attached hydrogen (secondary N) is 1. The number of ether oxygens (including phenoxy) is 3. The maximum atomic E-state index is 11.6. The Morgan fingerprint density at radius 1 is 1.03 bits per heavy atom. The molecule has 8 heteroatoms. The first-order valence-corrected chi connectivity index (χ1v) is 11.5. The zero-order valence-corrected chi connectivity index (χ0v) is 18.3. The Kier molecular flexibility index (Phi) is 7.29. The standard InChI is InChI=1S/C21H24N2O4S2/c1-25-19-11-17(12-20(26-2)21(19)27-3)28-16-5-4-14(13-22)18(10-16)23-15-6-8-29(24)9-7-15/h4-5,10-12,15,23H,6-9H2,1-3H3. The molecule has 0 aliphatic carbocycles. The quantitative estimate of drug-likeness (QED) is 0.707. The van der Waals surface area contributed by atoms with Gasteiger partial charge >= 0.3 is 0 Å². The average molecular weight is 433 g/mol.